The van der Waals surface area contributed by atoms with Gasteiger partial charge in [-0.3, -0.25) is 38.4 Å². The van der Waals surface area contributed by atoms with E-state index in [-0.39, 0.29) is 129 Å². The number of benzene rings is 2. The first-order valence-electron chi connectivity index (χ1n) is 22.0. The fraction of sp³-hybridized carbons (Fsp3) is 0.478. The van der Waals surface area contributed by atoms with Crippen LogP contribution in [0.25, 0.3) is 0 Å². The second-order valence-electron chi connectivity index (χ2n) is 15.8. The Kier molecular flexibility index (Phi) is 18.7. The number of amides is 8. The molecule has 6 rings (SSSR count). The Morgan fingerprint density at radius 1 is 0.529 bits per heavy atom. The first-order valence-corrected chi connectivity index (χ1v) is 22.0. The van der Waals surface area contributed by atoms with E-state index in [0.29, 0.717) is 0 Å². The van der Waals surface area contributed by atoms with Crippen LogP contribution in [0.1, 0.15) is 33.6 Å². The normalized spacial score (nSPS) is 23.1. The van der Waals surface area contributed by atoms with Crippen LogP contribution in [0.5, 0.6) is 0 Å². The predicted molar refractivity (Wildman–Crippen MR) is 234 cm³/mol. The van der Waals surface area contributed by atoms with E-state index < -0.39 is 83.1 Å². The van der Waals surface area contributed by atoms with Crippen molar-refractivity contribution in [2.45, 2.75) is 37.0 Å². The third-order valence-electron chi connectivity index (χ3n) is 11.2. The molecule has 22 heteroatoms. The number of carbonyl (C=O) groups excluding carboxylic acids is 8. The minimum Gasteiger partial charge on any atom is -0.377 e. The van der Waals surface area contributed by atoms with E-state index in [4.69, 9.17) is 18.9 Å². The molecule has 4 aliphatic rings. The lowest BCUT2D eigenvalue weighted by atomic mass is 10.1. The summed E-state index contributed by atoms with van der Waals surface area (Å²) in [5.74, 6) is 4.87. The van der Waals surface area contributed by atoms with Crippen LogP contribution in [0.15, 0.2) is 48.5 Å². The first kappa shape index (κ1) is 50.4. The molecule has 4 saturated heterocycles. The van der Waals surface area contributed by atoms with Crippen LogP contribution in [0.3, 0.4) is 0 Å². The van der Waals surface area contributed by atoms with Crippen LogP contribution in [0.4, 0.5) is 8.78 Å². The van der Waals surface area contributed by atoms with Crippen molar-refractivity contribution in [1.82, 2.24) is 40.9 Å². The molecule has 4 N–H and O–H groups in total. The molecular weight excluding hydrogens is 895 g/mol. The predicted octanol–water partition coefficient (Wildman–Crippen LogP) is -1.95. The van der Waals surface area contributed by atoms with Gasteiger partial charge in [-0.1, -0.05) is 11.8 Å². The Morgan fingerprint density at radius 2 is 0.912 bits per heavy atom. The molecule has 0 bridgehead atoms. The quantitative estimate of drug-likeness (QED) is 0.245. The number of rotatable bonds is 4. The SMILES string of the molecule is O=C1NCCOCCOCC(=O)N2CCN(C(=O)c3ccc(F)cc3)C[C@H]2C(=O)N[C@@H]1CC#CC#CC[C@H]1NC(=O)[C@@H]2CN(C(=O)c3ccc(F)cc3)CCN2C(=O)COCCOCCNC1=O. The largest absolute Gasteiger partial charge is 0.377 e. The summed E-state index contributed by atoms with van der Waals surface area (Å²) < 4.78 is 49.1. The Labute approximate surface area is 390 Å². The van der Waals surface area contributed by atoms with Crippen LogP contribution < -0.4 is 21.3 Å². The molecule has 0 aliphatic carbocycles. The van der Waals surface area contributed by atoms with Gasteiger partial charge < -0.3 is 59.8 Å². The number of halogens is 2. The highest BCUT2D eigenvalue weighted by Crippen LogP contribution is 2.18. The fourth-order valence-electron chi connectivity index (χ4n) is 7.54. The lowest BCUT2D eigenvalue weighted by Gasteiger charge is -2.40. The first-order chi connectivity index (χ1) is 32.9. The molecule has 2 aromatic carbocycles. The number of piperazine rings is 2. The number of carbonyl (C=O) groups is 8. The summed E-state index contributed by atoms with van der Waals surface area (Å²) in [6.07, 6.45) is -0.531. The molecule has 0 saturated carbocycles. The maximum Gasteiger partial charge on any atom is 0.254 e. The zero-order valence-corrected chi connectivity index (χ0v) is 37.1. The van der Waals surface area contributed by atoms with Gasteiger partial charge >= 0.3 is 0 Å². The van der Waals surface area contributed by atoms with Gasteiger partial charge in [0.1, 0.15) is 49.0 Å². The highest BCUT2D eigenvalue weighted by molar-refractivity contribution is 5.98. The molecule has 0 spiro atoms. The summed E-state index contributed by atoms with van der Waals surface area (Å²) in [6.45, 7) is -0.411. The third kappa shape index (κ3) is 14.3. The number of fused-ring (bicyclic) bond motifs is 2. The van der Waals surface area contributed by atoms with Gasteiger partial charge in [-0.25, -0.2) is 8.78 Å². The molecule has 2 aromatic rings. The van der Waals surface area contributed by atoms with Crippen molar-refractivity contribution < 1.29 is 66.1 Å². The molecular formula is C46H52F2N8O12. The highest BCUT2D eigenvalue weighted by atomic mass is 19.1. The second-order valence-corrected chi connectivity index (χ2v) is 15.8. The molecule has 4 aliphatic heterocycles. The molecule has 68 heavy (non-hydrogen) atoms. The zero-order valence-electron chi connectivity index (χ0n) is 37.1. The van der Waals surface area contributed by atoms with Gasteiger partial charge in [0.2, 0.25) is 35.4 Å². The maximum atomic E-state index is 14.0. The minimum absolute atomic E-state index is 0.0368. The van der Waals surface area contributed by atoms with Gasteiger partial charge in [0.25, 0.3) is 11.8 Å². The summed E-state index contributed by atoms with van der Waals surface area (Å²) in [7, 11) is 0. The number of nitrogens with zero attached hydrogens (tertiary/aromatic N) is 4. The smallest absolute Gasteiger partial charge is 0.254 e. The average molecular weight is 947 g/mol. The lowest BCUT2D eigenvalue weighted by Crippen LogP contribution is -2.63. The second kappa shape index (κ2) is 25.2. The average Bonchev–Trinajstić information content (AvgIpc) is 3.35. The zero-order chi connectivity index (χ0) is 48.4. The van der Waals surface area contributed by atoms with Crippen LogP contribution >= 0.6 is 0 Å². The Balaban J connectivity index is 1.16. The molecule has 4 heterocycles. The molecule has 20 nitrogen and oxygen atoms in total. The molecule has 362 valence electrons. The molecule has 8 amide bonds. The van der Waals surface area contributed by atoms with Crippen molar-refractivity contribution in [1.29, 1.82) is 0 Å². The molecule has 4 atom stereocenters. The molecule has 0 unspecified atom stereocenters. The summed E-state index contributed by atoms with van der Waals surface area (Å²) in [5.41, 5.74) is 0.357. The van der Waals surface area contributed by atoms with E-state index in [1.54, 1.807) is 0 Å². The third-order valence-corrected chi connectivity index (χ3v) is 11.2. The summed E-state index contributed by atoms with van der Waals surface area (Å²) in [4.78, 5) is 113. The van der Waals surface area contributed by atoms with E-state index in [2.05, 4.69) is 44.9 Å². The Morgan fingerprint density at radius 3 is 1.31 bits per heavy atom. The summed E-state index contributed by atoms with van der Waals surface area (Å²) in [6, 6.07) is 4.79. The van der Waals surface area contributed by atoms with E-state index >= 15 is 0 Å². The Hall–Kier alpha value is -6.98. The lowest BCUT2D eigenvalue weighted by molar-refractivity contribution is -0.147. The maximum absolute atomic E-state index is 14.0. The van der Waals surface area contributed by atoms with Gasteiger partial charge in [0, 0.05) is 63.2 Å². The van der Waals surface area contributed by atoms with Gasteiger partial charge in [0.05, 0.1) is 52.7 Å². The molecule has 0 radical (unpaired) electrons. The van der Waals surface area contributed by atoms with Gasteiger partial charge in [-0.2, -0.15) is 0 Å². The summed E-state index contributed by atoms with van der Waals surface area (Å²) >= 11 is 0. The van der Waals surface area contributed by atoms with E-state index in [0.717, 1.165) is 24.3 Å². The van der Waals surface area contributed by atoms with Crippen LogP contribution in [-0.4, -0.2) is 196 Å². The standard InChI is InChI=1S/C46H52F2N8O12/c47-33-11-7-31(8-12-33)45(63)53-17-19-55-37(27-53)43(61)51-35(41(59)49-15-21-65-23-25-67-29-39(55)57)5-3-1-2-4-6-36-42(60)50-16-22-66-24-26-68-30-40(58)56-20-18-54(28-38(56)44(62)52-36)46(64)32-9-13-34(48)14-10-32/h7-14,35-38H,5-6,15-30H2,(H,49,59)(H,50,60)(H,51,61)(H,52,62)/t35-,36-,37+,38+/m1/s1. The highest BCUT2D eigenvalue weighted by Gasteiger charge is 2.40. The minimum atomic E-state index is -1.27. The number of nitrogens with one attached hydrogen (secondary N) is 4. The topological polar surface area (TPSA) is 235 Å². The summed E-state index contributed by atoms with van der Waals surface area (Å²) in [5, 5.41) is 10.7. The van der Waals surface area contributed by atoms with Crippen molar-refractivity contribution in [3.63, 3.8) is 0 Å². The number of hydrogen-bond acceptors (Lipinski definition) is 12. The van der Waals surface area contributed by atoms with Gasteiger partial charge in [-0.05, 0) is 60.4 Å². The van der Waals surface area contributed by atoms with Gasteiger partial charge in [0.15, 0.2) is 0 Å². The van der Waals surface area contributed by atoms with Crippen LogP contribution in [-0.2, 0) is 47.7 Å². The van der Waals surface area contributed by atoms with Gasteiger partial charge in [-0.15, -0.1) is 0 Å². The molecule has 0 aromatic heterocycles. The fourth-order valence-corrected chi connectivity index (χ4v) is 7.54. The number of ether oxygens (including phenoxy) is 4. The van der Waals surface area contributed by atoms with Crippen LogP contribution in [0, 0.1) is 35.3 Å². The van der Waals surface area contributed by atoms with Crippen molar-refractivity contribution in [3.8, 4) is 23.7 Å². The van der Waals surface area contributed by atoms with E-state index in [1.807, 2.05) is 0 Å². The van der Waals surface area contributed by atoms with Crippen molar-refractivity contribution >= 4 is 47.3 Å². The monoisotopic (exact) mass is 946 g/mol. The van der Waals surface area contributed by atoms with Crippen LogP contribution in [0.2, 0.25) is 0 Å². The Bertz CT molecular complexity index is 2140. The van der Waals surface area contributed by atoms with Crippen molar-refractivity contribution in [2.75, 3.05) is 105 Å². The van der Waals surface area contributed by atoms with Crippen molar-refractivity contribution in [2.24, 2.45) is 0 Å². The molecule has 4 fully saturated rings. The number of hydrogen-bond donors (Lipinski definition) is 4. The van der Waals surface area contributed by atoms with E-state index in [1.165, 1.54) is 43.9 Å². The van der Waals surface area contributed by atoms with Crippen molar-refractivity contribution in [3.05, 3.63) is 71.3 Å². The van der Waals surface area contributed by atoms with E-state index in [9.17, 15) is 47.1 Å².